The summed E-state index contributed by atoms with van der Waals surface area (Å²) in [6.07, 6.45) is 0.848. The smallest absolute Gasteiger partial charge is 0.203 e. The summed E-state index contributed by atoms with van der Waals surface area (Å²) >= 11 is 0. The van der Waals surface area contributed by atoms with Crippen LogP contribution in [0.1, 0.15) is 11.1 Å². The summed E-state index contributed by atoms with van der Waals surface area (Å²) in [4.78, 5) is 0. The molecule has 20 heavy (non-hydrogen) atoms. The van der Waals surface area contributed by atoms with Gasteiger partial charge in [0.2, 0.25) is 5.75 Å². The summed E-state index contributed by atoms with van der Waals surface area (Å²) in [7, 11) is 3.27. The third-order valence-electron chi connectivity index (χ3n) is 3.08. The zero-order valence-corrected chi connectivity index (χ0v) is 12.2. The standard InChI is InChI=1S/C17H20O3/c1-13-11-15(18-2)17(16(12-13)19-3)20-10-9-14-7-5-4-6-8-14/h4-8,11-12H,9-10H2,1-3H3. The Morgan fingerprint density at radius 3 is 2.05 bits per heavy atom. The Balaban J connectivity index is 2.08. The molecule has 0 saturated carbocycles. The molecule has 2 aromatic carbocycles. The first kappa shape index (κ1) is 14.3. The molecule has 0 saturated heterocycles. The first-order valence-electron chi connectivity index (χ1n) is 6.64. The summed E-state index contributed by atoms with van der Waals surface area (Å²) in [5.41, 5.74) is 2.33. The van der Waals surface area contributed by atoms with Crippen molar-refractivity contribution in [1.82, 2.24) is 0 Å². The second kappa shape index (κ2) is 6.85. The van der Waals surface area contributed by atoms with Gasteiger partial charge < -0.3 is 14.2 Å². The molecule has 0 aliphatic heterocycles. The Bertz CT molecular complexity index is 524. The van der Waals surface area contributed by atoms with Crippen LogP contribution in [0, 0.1) is 6.92 Å². The van der Waals surface area contributed by atoms with E-state index in [2.05, 4.69) is 12.1 Å². The first-order valence-corrected chi connectivity index (χ1v) is 6.64. The maximum Gasteiger partial charge on any atom is 0.203 e. The molecule has 0 radical (unpaired) electrons. The Hall–Kier alpha value is -2.16. The zero-order valence-electron chi connectivity index (χ0n) is 12.2. The van der Waals surface area contributed by atoms with Gasteiger partial charge in [0, 0.05) is 6.42 Å². The highest BCUT2D eigenvalue weighted by molar-refractivity contribution is 5.53. The van der Waals surface area contributed by atoms with Crippen LogP contribution in [0.25, 0.3) is 0 Å². The van der Waals surface area contributed by atoms with Crippen LogP contribution in [0.15, 0.2) is 42.5 Å². The van der Waals surface area contributed by atoms with Gasteiger partial charge in [-0.25, -0.2) is 0 Å². The van der Waals surface area contributed by atoms with E-state index < -0.39 is 0 Å². The van der Waals surface area contributed by atoms with Gasteiger partial charge in [-0.3, -0.25) is 0 Å². The molecule has 0 aliphatic carbocycles. The van der Waals surface area contributed by atoms with Crippen molar-refractivity contribution in [2.75, 3.05) is 20.8 Å². The van der Waals surface area contributed by atoms with Gasteiger partial charge in [-0.05, 0) is 30.2 Å². The van der Waals surface area contributed by atoms with Crippen LogP contribution in [0.2, 0.25) is 0 Å². The van der Waals surface area contributed by atoms with Gasteiger partial charge in [-0.15, -0.1) is 0 Å². The first-order chi connectivity index (χ1) is 9.74. The maximum atomic E-state index is 5.86. The molecule has 0 heterocycles. The Labute approximate surface area is 120 Å². The number of aryl methyl sites for hydroxylation is 1. The van der Waals surface area contributed by atoms with Gasteiger partial charge in [-0.1, -0.05) is 30.3 Å². The summed E-state index contributed by atoms with van der Waals surface area (Å²) in [5.74, 6) is 2.07. The predicted molar refractivity (Wildman–Crippen MR) is 79.9 cm³/mol. The summed E-state index contributed by atoms with van der Waals surface area (Å²) in [5, 5.41) is 0. The van der Waals surface area contributed by atoms with Crippen molar-refractivity contribution < 1.29 is 14.2 Å². The highest BCUT2D eigenvalue weighted by Gasteiger charge is 2.12. The zero-order chi connectivity index (χ0) is 14.4. The molecule has 0 atom stereocenters. The molecule has 0 aliphatic rings. The average molecular weight is 272 g/mol. The van der Waals surface area contributed by atoms with E-state index in [-0.39, 0.29) is 0 Å². The van der Waals surface area contributed by atoms with E-state index in [0.29, 0.717) is 23.9 Å². The van der Waals surface area contributed by atoms with E-state index in [0.717, 1.165) is 12.0 Å². The van der Waals surface area contributed by atoms with E-state index in [1.54, 1.807) is 14.2 Å². The Morgan fingerprint density at radius 1 is 0.900 bits per heavy atom. The topological polar surface area (TPSA) is 27.7 Å². The van der Waals surface area contributed by atoms with E-state index in [9.17, 15) is 0 Å². The molecular weight excluding hydrogens is 252 g/mol. The van der Waals surface area contributed by atoms with Gasteiger partial charge in [0.25, 0.3) is 0 Å². The molecule has 3 heteroatoms. The molecule has 0 bridgehead atoms. The fourth-order valence-corrected chi connectivity index (χ4v) is 2.07. The molecular formula is C17H20O3. The molecule has 0 fully saturated rings. The van der Waals surface area contributed by atoms with Crippen LogP contribution in [0.4, 0.5) is 0 Å². The molecule has 2 aromatic rings. The van der Waals surface area contributed by atoms with Gasteiger partial charge in [-0.2, -0.15) is 0 Å². The second-order valence-electron chi connectivity index (χ2n) is 4.58. The van der Waals surface area contributed by atoms with E-state index in [1.807, 2.05) is 37.3 Å². The molecule has 106 valence electrons. The van der Waals surface area contributed by atoms with Gasteiger partial charge in [0.1, 0.15) is 0 Å². The lowest BCUT2D eigenvalue weighted by Gasteiger charge is -2.15. The Morgan fingerprint density at radius 2 is 1.50 bits per heavy atom. The number of methoxy groups -OCH3 is 2. The molecule has 2 rings (SSSR count). The number of rotatable bonds is 6. The van der Waals surface area contributed by atoms with E-state index >= 15 is 0 Å². The molecule has 0 unspecified atom stereocenters. The largest absolute Gasteiger partial charge is 0.493 e. The van der Waals surface area contributed by atoms with Crippen LogP contribution in [-0.2, 0) is 6.42 Å². The average Bonchev–Trinajstić information content (AvgIpc) is 2.49. The maximum absolute atomic E-state index is 5.86. The highest BCUT2D eigenvalue weighted by Crippen LogP contribution is 2.38. The second-order valence-corrected chi connectivity index (χ2v) is 4.58. The molecule has 3 nitrogen and oxygen atoms in total. The Kier molecular flexibility index (Phi) is 4.88. The number of hydrogen-bond acceptors (Lipinski definition) is 3. The van der Waals surface area contributed by atoms with E-state index in [1.165, 1.54) is 5.56 Å². The normalized spacial score (nSPS) is 10.2. The SMILES string of the molecule is COc1cc(C)cc(OC)c1OCCc1ccccc1. The number of ether oxygens (including phenoxy) is 3. The van der Waals surface area contributed by atoms with Crippen LogP contribution in [-0.4, -0.2) is 20.8 Å². The summed E-state index contributed by atoms with van der Waals surface area (Å²) < 4.78 is 16.6. The quantitative estimate of drug-likeness (QED) is 0.803. The van der Waals surface area contributed by atoms with Crippen LogP contribution >= 0.6 is 0 Å². The monoisotopic (exact) mass is 272 g/mol. The van der Waals surface area contributed by atoms with Crippen LogP contribution in [0.3, 0.4) is 0 Å². The minimum atomic E-state index is 0.583. The molecule has 0 aromatic heterocycles. The summed E-state index contributed by atoms with van der Waals surface area (Å²) in [6, 6.07) is 14.1. The van der Waals surface area contributed by atoms with Crippen molar-refractivity contribution in [3.05, 3.63) is 53.6 Å². The fourth-order valence-electron chi connectivity index (χ4n) is 2.07. The third-order valence-corrected chi connectivity index (χ3v) is 3.08. The number of benzene rings is 2. The third kappa shape index (κ3) is 3.44. The van der Waals surface area contributed by atoms with Crippen molar-refractivity contribution in [2.45, 2.75) is 13.3 Å². The van der Waals surface area contributed by atoms with Crippen molar-refractivity contribution in [3.8, 4) is 17.2 Å². The highest BCUT2D eigenvalue weighted by atomic mass is 16.5. The van der Waals surface area contributed by atoms with E-state index in [4.69, 9.17) is 14.2 Å². The van der Waals surface area contributed by atoms with Gasteiger partial charge in [0.05, 0.1) is 20.8 Å². The molecule has 0 spiro atoms. The fraction of sp³-hybridized carbons (Fsp3) is 0.294. The van der Waals surface area contributed by atoms with Gasteiger partial charge in [0.15, 0.2) is 11.5 Å². The predicted octanol–water partition coefficient (Wildman–Crippen LogP) is 3.63. The lowest BCUT2D eigenvalue weighted by Crippen LogP contribution is -2.04. The lowest BCUT2D eigenvalue weighted by atomic mass is 10.1. The summed E-state index contributed by atoms with van der Waals surface area (Å²) in [6.45, 7) is 2.58. The van der Waals surface area contributed by atoms with Crippen molar-refractivity contribution in [3.63, 3.8) is 0 Å². The number of hydrogen-bond donors (Lipinski definition) is 0. The van der Waals surface area contributed by atoms with Gasteiger partial charge >= 0.3 is 0 Å². The van der Waals surface area contributed by atoms with Crippen molar-refractivity contribution >= 4 is 0 Å². The lowest BCUT2D eigenvalue weighted by molar-refractivity contribution is 0.277. The van der Waals surface area contributed by atoms with Crippen LogP contribution < -0.4 is 14.2 Å². The van der Waals surface area contributed by atoms with Crippen molar-refractivity contribution in [2.24, 2.45) is 0 Å². The van der Waals surface area contributed by atoms with Crippen molar-refractivity contribution in [1.29, 1.82) is 0 Å². The van der Waals surface area contributed by atoms with Crippen LogP contribution in [0.5, 0.6) is 17.2 Å². The molecule has 0 amide bonds. The minimum Gasteiger partial charge on any atom is -0.493 e. The molecule has 0 N–H and O–H groups in total. The minimum absolute atomic E-state index is 0.583.